The molecule has 6 nitrogen and oxygen atoms in total. The summed E-state index contributed by atoms with van der Waals surface area (Å²) in [6, 6.07) is 8.73. The standard InChI is InChI=1S/C17H20O6/c1-12(15(19)20)17(16(21)22,8-9-23-2)11-14(18)10-13-6-4-3-5-7-13/h3-7H,1,8-11H2,2H3,(H,19,20)(H,21,22)/p-2. The topological polar surface area (TPSA) is 107 Å². The van der Waals surface area contributed by atoms with Crippen molar-refractivity contribution in [2.24, 2.45) is 5.41 Å². The van der Waals surface area contributed by atoms with E-state index >= 15 is 0 Å². The van der Waals surface area contributed by atoms with Crippen LogP contribution >= 0.6 is 0 Å². The lowest BCUT2D eigenvalue weighted by Gasteiger charge is -2.36. The van der Waals surface area contributed by atoms with E-state index in [1.54, 1.807) is 30.3 Å². The Labute approximate surface area is 134 Å². The molecular weight excluding hydrogens is 300 g/mol. The van der Waals surface area contributed by atoms with Gasteiger partial charge in [0.15, 0.2) is 0 Å². The Bertz CT molecular complexity index is 592. The van der Waals surface area contributed by atoms with E-state index < -0.39 is 35.1 Å². The van der Waals surface area contributed by atoms with E-state index in [4.69, 9.17) is 4.74 Å². The highest BCUT2D eigenvalue weighted by atomic mass is 16.5. The van der Waals surface area contributed by atoms with Crippen LogP contribution in [0.3, 0.4) is 0 Å². The van der Waals surface area contributed by atoms with Crippen molar-refractivity contribution in [2.75, 3.05) is 13.7 Å². The van der Waals surface area contributed by atoms with E-state index in [9.17, 15) is 24.6 Å². The summed E-state index contributed by atoms with van der Waals surface area (Å²) in [5, 5.41) is 22.7. The molecule has 0 fully saturated rings. The number of ketones is 1. The van der Waals surface area contributed by atoms with E-state index in [1.165, 1.54) is 7.11 Å². The molecule has 0 amide bonds. The van der Waals surface area contributed by atoms with Gasteiger partial charge in [-0.1, -0.05) is 36.9 Å². The molecule has 0 aliphatic heterocycles. The third-order valence-corrected chi connectivity index (χ3v) is 3.69. The number of carboxylic acid groups (broad SMARTS) is 2. The van der Waals surface area contributed by atoms with Gasteiger partial charge in [0.2, 0.25) is 0 Å². The molecule has 0 bridgehead atoms. The zero-order chi connectivity index (χ0) is 17.5. The normalized spacial score (nSPS) is 13.1. The lowest BCUT2D eigenvalue weighted by atomic mass is 9.73. The SMILES string of the molecule is C=C(C(=O)[O-])C(CCOC)(CC(=O)Cc1ccccc1)C(=O)[O-]. The maximum atomic E-state index is 12.2. The third kappa shape index (κ3) is 4.75. The molecule has 0 heterocycles. The predicted octanol–water partition coefficient (Wildman–Crippen LogP) is -0.733. The van der Waals surface area contributed by atoms with Crippen LogP contribution in [0.4, 0.5) is 0 Å². The summed E-state index contributed by atoms with van der Waals surface area (Å²) in [5.74, 6) is -3.83. The molecule has 1 unspecified atom stereocenters. The van der Waals surface area contributed by atoms with Gasteiger partial charge in [0.05, 0.1) is 11.9 Å². The summed E-state index contributed by atoms with van der Waals surface area (Å²) in [7, 11) is 1.34. The van der Waals surface area contributed by atoms with Crippen LogP contribution in [0.5, 0.6) is 0 Å². The van der Waals surface area contributed by atoms with Crippen molar-refractivity contribution < 1.29 is 29.3 Å². The molecule has 0 aliphatic rings. The minimum absolute atomic E-state index is 0.0107. The molecule has 0 saturated heterocycles. The smallest absolute Gasteiger partial charge is 0.138 e. The molecule has 0 aliphatic carbocycles. The third-order valence-electron chi connectivity index (χ3n) is 3.69. The van der Waals surface area contributed by atoms with Crippen LogP contribution in [0.2, 0.25) is 0 Å². The number of hydrogen-bond acceptors (Lipinski definition) is 6. The van der Waals surface area contributed by atoms with Crippen molar-refractivity contribution in [2.45, 2.75) is 19.3 Å². The van der Waals surface area contributed by atoms with Crippen LogP contribution in [0, 0.1) is 5.41 Å². The largest absolute Gasteiger partial charge is 0.549 e. The number of ether oxygens (including phenoxy) is 1. The Hall–Kier alpha value is -2.47. The van der Waals surface area contributed by atoms with Crippen molar-refractivity contribution in [3.8, 4) is 0 Å². The van der Waals surface area contributed by atoms with Crippen molar-refractivity contribution in [1.29, 1.82) is 0 Å². The molecule has 1 atom stereocenters. The first kappa shape index (κ1) is 18.6. The molecule has 1 aromatic carbocycles. The number of carbonyl (C=O) groups is 3. The number of Topliss-reactive ketones (excluding diaryl/α,β-unsaturated/α-hetero) is 1. The number of carbonyl (C=O) groups excluding carboxylic acids is 3. The molecule has 0 radical (unpaired) electrons. The second-order valence-corrected chi connectivity index (χ2v) is 5.26. The fraction of sp³-hybridized carbons (Fsp3) is 0.353. The van der Waals surface area contributed by atoms with Crippen LogP contribution in [-0.2, 0) is 25.5 Å². The van der Waals surface area contributed by atoms with Gasteiger partial charge in [-0.05, 0) is 17.6 Å². The minimum Gasteiger partial charge on any atom is -0.549 e. The molecule has 0 spiro atoms. The molecule has 6 heteroatoms. The quantitative estimate of drug-likeness (QED) is 0.526. The number of rotatable bonds is 10. The average molecular weight is 318 g/mol. The maximum Gasteiger partial charge on any atom is 0.138 e. The Morgan fingerprint density at radius 2 is 1.78 bits per heavy atom. The van der Waals surface area contributed by atoms with Gasteiger partial charge in [-0.25, -0.2) is 0 Å². The van der Waals surface area contributed by atoms with Crippen LogP contribution in [0.25, 0.3) is 0 Å². The van der Waals surface area contributed by atoms with E-state index in [-0.39, 0.29) is 19.4 Å². The van der Waals surface area contributed by atoms with Crippen molar-refractivity contribution in [3.05, 3.63) is 48.0 Å². The highest BCUT2D eigenvalue weighted by Gasteiger charge is 2.37. The highest BCUT2D eigenvalue weighted by molar-refractivity contribution is 5.98. The molecule has 0 aromatic heterocycles. The predicted molar refractivity (Wildman–Crippen MR) is 77.9 cm³/mol. The number of hydrogen-bond donors (Lipinski definition) is 0. The molecular formula is C17H18O6-2. The fourth-order valence-electron chi connectivity index (χ4n) is 2.34. The first-order valence-corrected chi connectivity index (χ1v) is 7.00. The van der Waals surface area contributed by atoms with Crippen molar-refractivity contribution >= 4 is 17.7 Å². The Kier molecular flexibility index (Phi) is 6.65. The maximum absolute atomic E-state index is 12.2. The van der Waals surface area contributed by atoms with Gasteiger partial charge < -0.3 is 24.5 Å². The van der Waals surface area contributed by atoms with Gasteiger partial charge in [0.1, 0.15) is 5.78 Å². The Morgan fingerprint density at radius 1 is 1.17 bits per heavy atom. The van der Waals surface area contributed by atoms with E-state index in [0.29, 0.717) is 5.56 Å². The number of carboxylic acids is 2. The van der Waals surface area contributed by atoms with Gasteiger partial charge in [-0.2, -0.15) is 0 Å². The summed E-state index contributed by atoms with van der Waals surface area (Å²) in [6.45, 7) is 3.21. The van der Waals surface area contributed by atoms with Crippen molar-refractivity contribution in [1.82, 2.24) is 0 Å². The van der Waals surface area contributed by atoms with E-state index in [1.807, 2.05) is 0 Å². The molecule has 124 valence electrons. The molecule has 23 heavy (non-hydrogen) atoms. The van der Waals surface area contributed by atoms with Crippen LogP contribution in [0.15, 0.2) is 42.5 Å². The molecule has 1 rings (SSSR count). The fourth-order valence-corrected chi connectivity index (χ4v) is 2.34. The summed E-state index contributed by atoms with van der Waals surface area (Å²) in [6.07, 6.45) is -0.789. The summed E-state index contributed by atoms with van der Waals surface area (Å²) < 4.78 is 4.82. The average Bonchev–Trinajstić information content (AvgIpc) is 2.51. The van der Waals surface area contributed by atoms with Gasteiger partial charge in [-0.15, -0.1) is 0 Å². The van der Waals surface area contributed by atoms with Gasteiger partial charge in [0.25, 0.3) is 0 Å². The first-order valence-electron chi connectivity index (χ1n) is 7.00. The zero-order valence-electron chi connectivity index (χ0n) is 12.9. The second kappa shape index (κ2) is 8.24. The highest BCUT2D eigenvalue weighted by Crippen LogP contribution is 2.34. The van der Waals surface area contributed by atoms with Gasteiger partial charge >= 0.3 is 0 Å². The van der Waals surface area contributed by atoms with Crippen LogP contribution < -0.4 is 10.2 Å². The van der Waals surface area contributed by atoms with Crippen molar-refractivity contribution in [3.63, 3.8) is 0 Å². The molecule has 0 saturated carbocycles. The summed E-state index contributed by atoms with van der Waals surface area (Å²) in [4.78, 5) is 34.9. The lowest BCUT2D eigenvalue weighted by Crippen LogP contribution is -2.49. The monoisotopic (exact) mass is 318 g/mol. The molecule has 0 N–H and O–H groups in total. The summed E-state index contributed by atoms with van der Waals surface area (Å²) in [5.41, 5.74) is -2.02. The lowest BCUT2D eigenvalue weighted by molar-refractivity contribution is -0.322. The number of methoxy groups -OCH3 is 1. The second-order valence-electron chi connectivity index (χ2n) is 5.26. The molecule has 1 aromatic rings. The van der Waals surface area contributed by atoms with E-state index in [0.717, 1.165) is 0 Å². The Morgan fingerprint density at radius 3 is 2.26 bits per heavy atom. The van der Waals surface area contributed by atoms with E-state index in [2.05, 4.69) is 6.58 Å². The van der Waals surface area contributed by atoms with Gasteiger partial charge in [-0.3, -0.25) is 4.79 Å². The zero-order valence-corrected chi connectivity index (χ0v) is 12.9. The number of aliphatic carboxylic acids is 2. The number of benzene rings is 1. The Balaban J connectivity index is 3.03. The van der Waals surface area contributed by atoms with Crippen LogP contribution in [-0.4, -0.2) is 31.4 Å². The minimum atomic E-state index is -2.04. The van der Waals surface area contributed by atoms with Crippen LogP contribution in [0.1, 0.15) is 18.4 Å². The summed E-state index contributed by atoms with van der Waals surface area (Å²) >= 11 is 0. The van der Waals surface area contributed by atoms with Gasteiger partial charge in [0, 0.05) is 32.0 Å². The first-order chi connectivity index (χ1) is 10.8.